The summed E-state index contributed by atoms with van der Waals surface area (Å²) < 4.78 is 7.35. The van der Waals surface area contributed by atoms with E-state index in [-0.39, 0.29) is 5.91 Å². The van der Waals surface area contributed by atoms with Gasteiger partial charge in [0.2, 0.25) is 0 Å². The molecule has 1 aromatic carbocycles. The third-order valence-electron chi connectivity index (χ3n) is 4.12. The van der Waals surface area contributed by atoms with Gasteiger partial charge in [-0.3, -0.25) is 9.89 Å². The number of carbonyl (C=O) groups is 1. The van der Waals surface area contributed by atoms with Gasteiger partial charge in [0.1, 0.15) is 0 Å². The van der Waals surface area contributed by atoms with E-state index in [2.05, 4.69) is 20.5 Å². The Morgan fingerprint density at radius 2 is 2.29 bits per heavy atom. The summed E-state index contributed by atoms with van der Waals surface area (Å²) in [5, 5.41) is 10.0. The summed E-state index contributed by atoms with van der Waals surface area (Å²) in [4.78, 5) is 16.6. The molecule has 0 atom stereocenters. The molecule has 0 saturated heterocycles. The fraction of sp³-hybridized carbons (Fsp3) is 0.235. The van der Waals surface area contributed by atoms with Gasteiger partial charge in [-0.15, -0.1) is 0 Å². The van der Waals surface area contributed by atoms with Gasteiger partial charge in [-0.2, -0.15) is 5.10 Å². The molecule has 1 aliphatic heterocycles. The highest BCUT2D eigenvalue weighted by molar-refractivity contribution is 5.94. The van der Waals surface area contributed by atoms with Crippen molar-refractivity contribution in [1.82, 2.24) is 25.1 Å². The van der Waals surface area contributed by atoms with Crippen LogP contribution < -0.4 is 5.32 Å². The summed E-state index contributed by atoms with van der Waals surface area (Å²) >= 11 is 0. The highest BCUT2D eigenvalue weighted by Crippen LogP contribution is 2.18. The van der Waals surface area contributed by atoms with Crippen molar-refractivity contribution in [3.8, 4) is 5.69 Å². The SMILES string of the molecule is O=C(NCc1ccccc1-n1ccnc1)c1n[nH]c2c1COCC2. The molecule has 2 N–H and O–H groups in total. The first-order chi connectivity index (χ1) is 11.8. The first kappa shape index (κ1) is 14.6. The van der Waals surface area contributed by atoms with E-state index in [1.165, 1.54) is 0 Å². The Bertz CT molecular complexity index is 854. The molecule has 3 aromatic rings. The fourth-order valence-electron chi connectivity index (χ4n) is 2.87. The predicted octanol–water partition coefficient (Wildman–Crippen LogP) is 1.60. The Kier molecular flexibility index (Phi) is 3.84. The molecule has 0 radical (unpaired) electrons. The zero-order valence-electron chi connectivity index (χ0n) is 13.0. The second-order valence-corrected chi connectivity index (χ2v) is 5.61. The molecule has 2 aromatic heterocycles. The molecule has 0 unspecified atom stereocenters. The Hall–Kier alpha value is -2.93. The summed E-state index contributed by atoms with van der Waals surface area (Å²) in [6.45, 7) is 1.50. The summed E-state index contributed by atoms with van der Waals surface area (Å²) in [6, 6.07) is 7.89. The molecule has 0 saturated carbocycles. The molecule has 1 amide bonds. The first-order valence-electron chi connectivity index (χ1n) is 7.81. The number of fused-ring (bicyclic) bond motifs is 1. The molecule has 1 aliphatic rings. The molecule has 0 aliphatic carbocycles. The van der Waals surface area contributed by atoms with E-state index >= 15 is 0 Å². The largest absolute Gasteiger partial charge is 0.376 e. The number of imidazole rings is 1. The fourth-order valence-corrected chi connectivity index (χ4v) is 2.87. The minimum atomic E-state index is -0.196. The number of aromatic nitrogens is 4. The minimum Gasteiger partial charge on any atom is -0.376 e. The van der Waals surface area contributed by atoms with E-state index in [1.807, 2.05) is 35.0 Å². The summed E-state index contributed by atoms with van der Waals surface area (Å²) in [5.41, 5.74) is 4.27. The first-order valence-corrected chi connectivity index (χ1v) is 7.81. The Balaban J connectivity index is 1.52. The Morgan fingerprint density at radius 3 is 3.17 bits per heavy atom. The van der Waals surface area contributed by atoms with Crippen LogP contribution in [0.5, 0.6) is 0 Å². The van der Waals surface area contributed by atoms with Crippen molar-refractivity contribution in [3.63, 3.8) is 0 Å². The van der Waals surface area contributed by atoms with Crippen LogP contribution in [0.25, 0.3) is 5.69 Å². The maximum absolute atomic E-state index is 12.5. The van der Waals surface area contributed by atoms with E-state index < -0.39 is 0 Å². The number of carbonyl (C=O) groups excluding carboxylic acids is 1. The molecule has 7 nitrogen and oxygen atoms in total. The highest BCUT2D eigenvalue weighted by atomic mass is 16.5. The Labute approximate surface area is 138 Å². The summed E-state index contributed by atoms with van der Waals surface area (Å²) in [6.07, 6.45) is 6.11. The van der Waals surface area contributed by atoms with Gasteiger partial charge in [0.15, 0.2) is 5.69 Å². The minimum absolute atomic E-state index is 0.196. The third kappa shape index (κ3) is 2.69. The summed E-state index contributed by atoms with van der Waals surface area (Å²) in [5.74, 6) is -0.196. The van der Waals surface area contributed by atoms with Gasteiger partial charge in [-0.05, 0) is 11.6 Å². The van der Waals surface area contributed by atoms with Crippen LogP contribution in [0.3, 0.4) is 0 Å². The topological polar surface area (TPSA) is 84.8 Å². The molecule has 122 valence electrons. The maximum atomic E-state index is 12.5. The number of aromatic amines is 1. The van der Waals surface area contributed by atoms with Crippen molar-refractivity contribution in [2.45, 2.75) is 19.6 Å². The average molecular weight is 323 g/mol. The van der Waals surface area contributed by atoms with E-state index in [1.54, 1.807) is 12.5 Å². The molecule has 4 rings (SSSR count). The second kappa shape index (κ2) is 6.29. The lowest BCUT2D eigenvalue weighted by atomic mass is 10.1. The number of para-hydroxylation sites is 1. The van der Waals surface area contributed by atoms with Gasteiger partial charge in [0.05, 0.1) is 25.2 Å². The van der Waals surface area contributed by atoms with Crippen molar-refractivity contribution in [1.29, 1.82) is 0 Å². The lowest BCUT2D eigenvalue weighted by Crippen LogP contribution is -2.25. The van der Waals surface area contributed by atoms with Crippen molar-refractivity contribution >= 4 is 5.91 Å². The predicted molar refractivity (Wildman–Crippen MR) is 86.7 cm³/mol. The second-order valence-electron chi connectivity index (χ2n) is 5.61. The third-order valence-corrected chi connectivity index (χ3v) is 4.12. The highest BCUT2D eigenvalue weighted by Gasteiger charge is 2.22. The molecular formula is C17H17N5O2. The average Bonchev–Trinajstić information content (AvgIpc) is 3.29. The normalized spacial score (nSPS) is 13.5. The number of hydrogen-bond donors (Lipinski definition) is 2. The maximum Gasteiger partial charge on any atom is 0.272 e. The number of ether oxygens (including phenoxy) is 1. The monoisotopic (exact) mass is 323 g/mol. The zero-order valence-corrected chi connectivity index (χ0v) is 13.0. The van der Waals surface area contributed by atoms with E-state index in [0.29, 0.717) is 25.5 Å². The van der Waals surface area contributed by atoms with Gasteiger partial charge in [-0.1, -0.05) is 18.2 Å². The molecule has 24 heavy (non-hydrogen) atoms. The van der Waals surface area contributed by atoms with Crippen LogP contribution in [0.4, 0.5) is 0 Å². The zero-order chi connectivity index (χ0) is 16.4. The number of H-pyrrole nitrogens is 1. The van der Waals surface area contributed by atoms with Crippen LogP contribution >= 0.6 is 0 Å². The molecule has 3 heterocycles. The lowest BCUT2D eigenvalue weighted by Gasteiger charge is -2.13. The van der Waals surface area contributed by atoms with E-state index in [0.717, 1.165) is 28.9 Å². The van der Waals surface area contributed by atoms with Crippen LogP contribution in [0.2, 0.25) is 0 Å². The van der Waals surface area contributed by atoms with Crippen LogP contribution in [0.15, 0.2) is 43.0 Å². The van der Waals surface area contributed by atoms with E-state index in [4.69, 9.17) is 4.74 Å². The molecule has 7 heteroatoms. The van der Waals surface area contributed by atoms with Gasteiger partial charge in [0.25, 0.3) is 5.91 Å². The van der Waals surface area contributed by atoms with Gasteiger partial charge in [0, 0.05) is 36.6 Å². The number of rotatable bonds is 4. The van der Waals surface area contributed by atoms with Crippen molar-refractivity contribution < 1.29 is 9.53 Å². The molecule has 0 spiro atoms. The smallest absolute Gasteiger partial charge is 0.272 e. The standard InChI is InChI=1S/C17H17N5O2/c23-17(16-13-10-24-8-5-14(13)20-21-16)19-9-12-3-1-2-4-15(12)22-7-6-18-11-22/h1-4,6-7,11H,5,8-10H2,(H,19,23)(H,20,21). The van der Waals surface area contributed by atoms with Crippen molar-refractivity contribution in [2.24, 2.45) is 0 Å². The van der Waals surface area contributed by atoms with Gasteiger partial charge >= 0.3 is 0 Å². The molecular weight excluding hydrogens is 306 g/mol. The Morgan fingerprint density at radius 1 is 1.38 bits per heavy atom. The number of hydrogen-bond acceptors (Lipinski definition) is 4. The van der Waals surface area contributed by atoms with Crippen molar-refractivity contribution in [2.75, 3.05) is 6.61 Å². The number of amides is 1. The van der Waals surface area contributed by atoms with Crippen LogP contribution in [-0.4, -0.2) is 32.3 Å². The quantitative estimate of drug-likeness (QED) is 0.764. The number of nitrogens with zero attached hydrogens (tertiary/aromatic N) is 3. The summed E-state index contributed by atoms with van der Waals surface area (Å²) in [7, 11) is 0. The van der Waals surface area contributed by atoms with E-state index in [9.17, 15) is 4.79 Å². The van der Waals surface area contributed by atoms with Crippen molar-refractivity contribution in [3.05, 3.63) is 65.5 Å². The van der Waals surface area contributed by atoms with Gasteiger partial charge < -0.3 is 14.6 Å². The number of benzene rings is 1. The van der Waals surface area contributed by atoms with Crippen LogP contribution in [0.1, 0.15) is 27.3 Å². The lowest BCUT2D eigenvalue weighted by molar-refractivity contribution is 0.0922. The molecule has 0 fully saturated rings. The van der Waals surface area contributed by atoms with Crippen LogP contribution in [-0.2, 0) is 24.3 Å². The molecule has 0 bridgehead atoms. The number of nitrogens with one attached hydrogen (secondary N) is 2. The van der Waals surface area contributed by atoms with Crippen LogP contribution in [0, 0.1) is 0 Å². The van der Waals surface area contributed by atoms with Gasteiger partial charge in [-0.25, -0.2) is 4.98 Å².